The van der Waals surface area contributed by atoms with Gasteiger partial charge in [-0.3, -0.25) is 4.98 Å². The molecular formula is C12H9ClN4O2. The topological polar surface area (TPSA) is 80.4 Å². The molecule has 3 aromatic heterocycles. The molecular weight excluding hydrogens is 268 g/mol. The zero-order chi connectivity index (χ0) is 12.5. The van der Waals surface area contributed by atoms with Crippen molar-refractivity contribution in [1.29, 1.82) is 0 Å². The lowest BCUT2D eigenvalue weighted by molar-refractivity contribution is 0.0690. The number of carboxylic acids is 1. The summed E-state index contributed by atoms with van der Waals surface area (Å²) in [5.74, 6) is -1.07. The Hall–Kier alpha value is -2.47. The number of aromatic carboxylic acids is 1. The van der Waals surface area contributed by atoms with Gasteiger partial charge in [0.25, 0.3) is 0 Å². The van der Waals surface area contributed by atoms with E-state index in [4.69, 9.17) is 5.11 Å². The van der Waals surface area contributed by atoms with E-state index in [0.717, 1.165) is 11.3 Å². The first-order valence-corrected chi connectivity index (χ1v) is 5.24. The van der Waals surface area contributed by atoms with E-state index < -0.39 is 5.97 Å². The monoisotopic (exact) mass is 276 g/mol. The molecule has 0 spiro atoms. The molecule has 0 bridgehead atoms. The Morgan fingerprint density at radius 1 is 1.26 bits per heavy atom. The summed E-state index contributed by atoms with van der Waals surface area (Å²) < 4.78 is 1.50. The number of rotatable bonds is 2. The highest BCUT2D eigenvalue weighted by Gasteiger charge is 2.12. The van der Waals surface area contributed by atoms with E-state index in [0.29, 0.717) is 5.65 Å². The summed E-state index contributed by atoms with van der Waals surface area (Å²) in [5, 5.41) is 12.9. The molecule has 0 aromatic carbocycles. The van der Waals surface area contributed by atoms with Gasteiger partial charge < -0.3 is 5.11 Å². The van der Waals surface area contributed by atoms with Crippen molar-refractivity contribution >= 4 is 24.0 Å². The number of pyridine rings is 1. The molecule has 0 aliphatic rings. The summed E-state index contributed by atoms with van der Waals surface area (Å²) in [6.45, 7) is 0. The zero-order valence-electron chi connectivity index (χ0n) is 9.59. The molecule has 6 nitrogen and oxygen atoms in total. The number of fused-ring (bicyclic) bond motifs is 1. The summed E-state index contributed by atoms with van der Waals surface area (Å²) in [5.41, 5.74) is 2.07. The first-order valence-electron chi connectivity index (χ1n) is 5.24. The van der Waals surface area contributed by atoms with Crippen LogP contribution in [-0.4, -0.2) is 30.7 Å². The molecule has 3 heterocycles. The Balaban J connectivity index is 0.00000133. The van der Waals surface area contributed by atoms with E-state index in [1.807, 2.05) is 12.1 Å². The Kier molecular flexibility index (Phi) is 3.43. The van der Waals surface area contributed by atoms with E-state index in [1.54, 1.807) is 24.7 Å². The largest absolute Gasteiger partial charge is 0.476 e. The van der Waals surface area contributed by atoms with Crippen molar-refractivity contribution in [2.75, 3.05) is 0 Å². The molecule has 3 aromatic rings. The van der Waals surface area contributed by atoms with Crippen LogP contribution >= 0.6 is 12.4 Å². The van der Waals surface area contributed by atoms with Crippen molar-refractivity contribution in [2.24, 2.45) is 0 Å². The highest BCUT2D eigenvalue weighted by atomic mass is 35.5. The number of halogens is 1. The van der Waals surface area contributed by atoms with Gasteiger partial charge in [-0.1, -0.05) is 0 Å². The van der Waals surface area contributed by atoms with E-state index in [9.17, 15) is 4.79 Å². The van der Waals surface area contributed by atoms with Crippen LogP contribution in [0.1, 0.15) is 10.5 Å². The summed E-state index contributed by atoms with van der Waals surface area (Å²) in [6.07, 6.45) is 4.98. The molecule has 0 radical (unpaired) electrons. The lowest BCUT2D eigenvalue weighted by Crippen LogP contribution is -1.99. The zero-order valence-corrected chi connectivity index (χ0v) is 10.4. The fraction of sp³-hybridized carbons (Fsp3) is 0. The second-order valence-electron chi connectivity index (χ2n) is 3.68. The van der Waals surface area contributed by atoms with Crippen molar-refractivity contribution in [3.63, 3.8) is 0 Å². The highest BCUT2D eigenvalue weighted by Crippen LogP contribution is 2.18. The number of hydrogen-bond acceptors (Lipinski definition) is 4. The maximum Gasteiger partial charge on any atom is 0.356 e. The molecule has 0 aliphatic carbocycles. The number of hydrogen-bond donors (Lipinski definition) is 1. The van der Waals surface area contributed by atoms with Crippen molar-refractivity contribution in [1.82, 2.24) is 19.6 Å². The molecule has 7 heteroatoms. The van der Waals surface area contributed by atoms with Gasteiger partial charge >= 0.3 is 5.97 Å². The van der Waals surface area contributed by atoms with Gasteiger partial charge in [0.15, 0.2) is 11.3 Å². The van der Waals surface area contributed by atoms with Gasteiger partial charge in [0.2, 0.25) is 0 Å². The second-order valence-corrected chi connectivity index (χ2v) is 3.68. The van der Waals surface area contributed by atoms with Gasteiger partial charge in [0, 0.05) is 30.2 Å². The lowest BCUT2D eigenvalue weighted by Gasteiger charge is -2.02. The van der Waals surface area contributed by atoms with Crippen LogP contribution in [0.5, 0.6) is 0 Å². The number of carboxylic acid groups (broad SMARTS) is 1. The molecule has 0 fully saturated rings. The lowest BCUT2D eigenvalue weighted by atomic mass is 10.2. The van der Waals surface area contributed by atoms with Crippen LogP contribution in [0.2, 0.25) is 0 Å². The summed E-state index contributed by atoms with van der Waals surface area (Å²) in [7, 11) is 0. The predicted molar refractivity (Wildman–Crippen MR) is 70.4 cm³/mol. The van der Waals surface area contributed by atoms with Crippen LogP contribution in [0.15, 0.2) is 42.9 Å². The summed E-state index contributed by atoms with van der Waals surface area (Å²) in [4.78, 5) is 19.0. The number of nitrogens with zero attached hydrogens (tertiary/aromatic N) is 4. The van der Waals surface area contributed by atoms with Gasteiger partial charge in [0.1, 0.15) is 0 Å². The molecule has 0 unspecified atom stereocenters. The minimum Gasteiger partial charge on any atom is -0.476 e. The highest BCUT2D eigenvalue weighted by molar-refractivity contribution is 5.87. The van der Waals surface area contributed by atoms with E-state index in [1.165, 1.54) is 10.6 Å². The molecule has 1 N–H and O–H groups in total. The van der Waals surface area contributed by atoms with Gasteiger partial charge in [-0.15, -0.1) is 12.4 Å². The van der Waals surface area contributed by atoms with E-state index in [-0.39, 0.29) is 18.1 Å². The standard InChI is InChI=1S/C12H8N4O2.ClH/c17-12(18)9-6-11-14-5-3-10(16(11)15-9)8-2-1-4-13-7-8;/h1-7H,(H,17,18);1H. The van der Waals surface area contributed by atoms with Crippen LogP contribution in [0.3, 0.4) is 0 Å². The first kappa shape index (κ1) is 13.0. The minimum absolute atomic E-state index is 0. The fourth-order valence-corrected chi connectivity index (χ4v) is 1.73. The molecule has 0 aliphatic heterocycles. The van der Waals surface area contributed by atoms with E-state index >= 15 is 0 Å². The second kappa shape index (κ2) is 5.03. The third-order valence-corrected chi connectivity index (χ3v) is 2.53. The van der Waals surface area contributed by atoms with Crippen LogP contribution in [0.4, 0.5) is 0 Å². The smallest absolute Gasteiger partial charge is 0.356 e. The quantitative estimate of drug-likeness (QED) is 0.773. The Bertz CT molecular complexity index is 727. The average Bonchev–Trinajstić information content (AvgIpc) is 2.83. The van der Waals surface area contributed by atoms with E-state index in [2.05, 4.69) is 15.1 Å². The van der Waals surface area contributed by atoms with Gasteiger partial charge in [0.05, 0.1) is 5.69 Å². The minimum atomic E-state index is -1.07. The summed E-state index contributed by atoms with van der Waals surface area (Å²) >= 11 is 0. The van der Waals surface area contributed by atoms with Crippen molar-refractivity contribution in [2.45, 2.75) is 0 Å². The van der Waals surface area contributed by atoms with Crippen molar-refractivity contribution < 1.29 is 9.90 Å². The maximum atomic E-state index is 10.9. The number of carbonyl (C=O) groups is 1. The number of aromatic nitrogens is 4. The third kappa shape index (κ3) is 2.25. The fourth-order valence-electron chi connectivity index (χ4n) is 1.73. The molecule has 96 valence electrons. The maximum absolute atomic E-state index is 10.9. The van der Waals surface area contributed by atoms with Crippen LogP contribution < -0.4 is 0 Å². The van der Waals surface area contributed by atoms with Crippen LogP contribution in [0, 0.1) is 0 Å². The average molecular weight is 277 g/mol. The molecule has 0 atom stereocenters. The van der Waals surface area contributed by atoms with Crippen molar-refractivity contribution in [3.8, 4) is 11.3 Å². The summed E-state index contributed by atoms with van der Waals surface area (Å²) in [6, 6.07) is 6.89. The molecule has 3 rings (SSSR count). The van der Waals surface area contributed by atoms with Gasteiger partial charge in [-0.25, -0.2) is 14.3 Å². The predicted octanol–water partition coefficient (Wildman–Crippen LogP) is 1.91. The van der Waals surface area contributed by atoms with Crippen molar-refractivity contribution in [3.05, 3.63) is 48.5 Å². The first-order chi connectivity index (χ1) is 8.75. The molecule has 0 amide bonds. The van der Waals surface area contributed by atoms with Gasteiger partial charge in [-0.2, -0.15) is 5.10 Å². The molecule has 0 saturated heterocycles. The van der Waals surface area contributed by atoms with Gasteiger partial charge in [-0.05, 0) is 18.2 Å². The Labute approximate surface area is 114 Å². The molecule has 0 saturated carbocycles. The van der Waals surface area contributed by atoms with Crippen LogP contribution in [-0.2, 0) is 0 Å². The Morgan fingerprint density at radius 3 is 2.79 bits per heavy atom. The third-order valence-electron chi connectivity index (χ3n) is 2.53. The SMILES string of the molecule is Cl.O=C(O)c1cc2nccc(-c3cccnc3)n2n1. The van der Waals surface area contributed by atoms with Crippen LogP contribution in [0.25, 0.3) is 16.9 Å². The normalized spacial score (nSPS) is 10.1. The molecule has 19 heavy (non-hydrogen) atoms. The Morgan fingerprint density at radius 2 is 2.11 bits per heavy atom.